The van der Waals surface area contributed by atoms with Crippen molar-refractivity contribution in [2.75, 3.05) is 7.11 Å². The summed E-state index contributed by atoms with van der Waals surface area (Å²) in [6.07, 6.45) is 4.55. The third-order valence-corrected chi connectivity index (χ3v) is 3.09. The van der Waals surface area contributed by atoms with E-state index in [9.17, 15) is 0 Å². The topological polar surface area (TPSA) is 9.23 Å². The number of fused-ring (bicyclic) bond motifs is 1. The molecule has 0 heterocycles. The first-order valence-electron chi connectivity index (χ1n) is 4.01. The van der Waals surface area contributed by atoms with Crippen LogP contribution in [0, 0.1) is 6.42 Å². The minimum Gasteiger partial charge on any atom is -0.496 e. The lowest BCUT2D eigenvalue weighted by molar-refractivity contribution is 0.411. The third-order valence-electron chi connectivity index (χ3n) is 2.22. The fourth-order valence-corrected chi connectivity index (χ4v) is 2.31. The predicted molar refractivity (Wildman–Crippen MR) is 52.4 cm³/mol. The molecule has 0 aliphatic heterocycles. The van der Waals surface area contributed by atoms with Crippen molar-refractivity contribution in [3.8, 4) is 5.75 Å². The van der Waals surface area contributed by atoms with Crippen molar-refractivity contribution in [1.82, 2.24) is 0 Å². The van der Waals surface area contributed by atoms with Gasteiger partial charge in [-0.25, -0.2) is 0 Å². The van der Waals surface area contributed by atoms with Crippen molar-refractivity contribution in [1.29, 1.82) is 0 Å². The standard InChI is InChI=1S/C10H10BrO/c1-12-9-6-5-7-3-2-4-8(7)10(9)11/h3,5-6H,2,4H2,1H3. The van der Waals surface area contributed by atoms with Gasteiger partial charge in [-0.1, -0.05) is 6.07 Å². The van der Waals surface area contributed by atoms with Crippen LogP contribution < -0.4 is 4.74 Å². The number of rotatable bonds is 1. The van der Waals surface area contributed by atoms with E-state index in [4.69, 9.17) is 4.74 Å². The summed E-state index contributed by atoms with van der Waals surface area (Å²) in [4.78, 5) is 0. The molecular weight excluding hydrogens is 216 g/mol. The molecule has 0 aromatic heterocycles. The molecule has 1 nitrogen and oxygen atoms in total. The van der Waals surface area contributed by atoms with Gasteiger partial charge in [0, 0.05) is 0 Å². The average Bonchev–Trinajstić information content (AvgIpc) is 2.53. The summed E-state index contributed by atoms with van der Waals surface area (Å²) in [5.74, 6) is 0.934. The Morgan fingerprint density at radius 3 is 3.00 bits per heavy atom. The normalized spacial score (nSPS) is 14.5. The summed E-state index contributed by atoms with van der Waals surface area (Å²) in [6, 6.07) is 4.12. The van der Waals surface area contributed by atoms with Gasteiger partial charge in [0.1, 0.15) is 5.75 Å². The number of ether oxygens (including phenoxy) is 1. The molecule has 63 valence electrons. The highest BCUT2D eigenvalue weighted by Crippen LogP contribution is 2.36. The lowest BCUT2D eigenvalue weighted by Gasteiger charge is -2.07. The van der Waals surface area contributed by atoms with Gasteiger partial charge in [0.2, 0.25) is 0 Å². The third kappa shape index (κ3) is 1.14. The second kappa shape index (κ2) is 3.09. The van der Waals surface area contributed by atoms with Crippen molar-refractivity contribution < 1.29 is 4.74 Å². The van der Waals surface area contributed by atoms with Crippen LogP contribution in [0.4, 0.5) is 0 Å². The molecule has 0 saturated heterocycles. The molecule has 0 amide bonds. The van der Waals surface area contributed by atoms with E-state index in [1.165, 1.54) is 11.1 Å². The quantitative estimate of drug-likeness (QED) is 0.715. The van der Waals surface area contributed by atoms with E-state index in [1.807, 2.05) is 6.07 Å². The van der Waals surface area contributed by atoms with Gasteiger partial charge in [-0.2, -0.15) is 0 Å². The second-order valence-corrected chi connectivity index (χ2v) is 3.69. The molecule has 0 saturated carbocycles. The molecule has 2 rings (SSSR count). The predicted octanol–water partition coefficient (Wildman–Crippen LogP) is 2.96. The van der Waals surface area contributed by atoms with Crippen molar-refractivity contribution in [3.05, 3.63) is 34.2 Å². The van der Waals surface area contributed by atoms with Crippen LogP contribution in [-0.2, 0) is 6.42 Å². The molecule has 12 heavy (non-hydrogen) atoms. The van der Waals surface area contributed by atoms with Gasteiger partial charge < -0.3 is 4.74 Å². The fraction of sp³-hybridized carbons (Fsp3) is 0.300. The molecule has 1 aliphatic carbocycles. The molecule has 0 N–H and O–H groups in total. The van der Waals surface area contributed by atoms with Gasteiger partial charge in [-0.3, -0.25) is 0 Å². The van der Waals surface area contributed by atoms with Crippen LogP contribution in [0.25, 0.3) is 0 Å². The summed E-state index contributed by atoms with van der Waals surface area (Å²) in [7, 11) is 1.70. The van der Waals surface area contributed by atoms with Gasteiger partial charge in [0.15, 0.2) is 0 Å². The molecule has 1 aromatic carbocycles. The monoisotopic (exact) mass is 225 g/mol. The number of hydrogen-bond donors (Lipinski definition) is 0. The fourth-order valence-electron chi connectivity index (χ4n) is 1.59. The van der Waals surface area contributed by atoms with E-state index in [0.717, 1.165) is 23.1 Å². The maximum atomic E-state index is 5.21. The van der Waals surface area contributed by atoms with Gasteiger partial charge in [-0.15, -0.1) is 0 Å². The van der Waals surface area contributed by atoms with Crippen LogP contribution in [-0.4, -0.2) is 7.11 Å². The van der Waals surface area contributed by atoms with Crippen molar-refractivity contribution in [3.63, 3.8) is 0 Å². The maximum Gasteiger partial charge on any atom is 0.133 e. The molecule has 1 radical (unpaired) electrons. The van der Waals surface area contributed by atoms with Crippen LogP contribution in [0.5, 0.6) is 5.75 Å². The smallest absolute Gasteiger partial charge is 0.133 e. The Bertz CT molecular complexity index is 307. The zero-order valence-corrected chi connectivity index (χ0v) is 8.52. The molecule has 0 unspecified atom stereocenters. The maximum absolute atomic E-state index is 5.21. The van der Waals surface area contributed by atoms with E-state index in [-0.39, 0.29) is 0 Å². The summed E-state index contributed by atoms with van der Waals surface area (Å²) in [5, 5.41) is 0. The van der Waals surface area contributed by atoms with Gasteiger partial charge in [0.05, 0.1) is 11.6 Å². The Morgan fingerprint density at radius 1 is 1.42 bits per heavy atom. The Hall–Kier alpha value is -0.500. The molecule has 0 fully saturated rings. The summed E-state index contributed by atoms with van der Waals surface area (Å²) in [6.45, 7) is 0. The highest BCUT2D eigenvalue weighted by molar-refractivity contribution is 9.10. The van der Waals surface area contributed by atoms with Crippen LogP contribution in [0.1, 0.15) is 17.5 Å². The first kappa shape index (κ1) is 8.11. The van der Waals surface area contributed by atoms with Crippen LogP contribution in [0.2, 0.25) is 0 Å². The highest BCUT2D eigenvalue weighted by Gasteiger charge is 2.16. The lowest BCUT2D eigenvalue weighted by atomic mass is 10.1. The van der Waals surface area contributed by atoms with Crippen LogP contribution in [0.3, 0.4) is 0 Å². The van der Waals surface area contributed by atoms with Gasteiger partial charge in [0.25, 0.3) is 0 Å². The van der Waals surface area contributed by atoms with Crippen molar-refractivity contribution in [2.24, 2.45) is 0 Å². The zero-order valence-electron chi connectivity index (χ0n) is 6.93. The van der Waals surface area contributed by atoms with Crippen molar-refractivity contribution >= 4 is 15.9 Å². The molecule has 0 spiro atoms. The molecule has 1 aliphatic rings. The van der Waals surface area contributed by atoms with E-state index < -0.39 is 0 Å². The van der Waals surface area contributed by atoms with E-state index in [0.29, 0.717) is 0 Å². The summed E-state index contributed by atoms with van der Waals surface area (Å²) in [5.41, 5.74) is 2.73. The number of halogens is 1. The van der Waals surface area contributed by atoms with Crippen LogP contribution in [0.15, 0.2) is 16.6 Å². The Morgan fingerprint density at radius 2 is 2.25 bits per heavy atom. The second-order valence-electron chi connectivity index (χ2n) is 2.89. The van der Waals surface area contributed by atoms with E-state index >= 15 is 0 Å². The van der Waals surface area contributed by atoms with Gasteiger partial charge >= 0.3 is 0 Å². The molecule has 0 atom stereocenters. The zero-order chi connectivity index (χ0) is 8.55. The first-order valence-corrected chi connectivity index (χ1v) is 4.81. The Kier molecular flexibility index (Phi) is 2.09. The molecule has 0 bridgehead atoms. The molecule has 1 aromatic rings. The summed E-state index contributed by atoms with van der Waals surface area (Å²) >= 11 is 3.55. The molecular formula is C10H10BrO. The highest BCUT2D eigenvalue weighted by atomic mass is 79.9. The number of methoxy groups -OCH3 is 1. The minimum atomic E-state index is 0.934. The lowest BCUT2D eigenvalue weighted by Crippen LogP contribution is -1.89. The van der Waals surface area contributed by atoms with Crippen molar-refractivity contribution in [2.45, 2.75) is 12.8 Å². The van der Waals surface area contributed by atoms with E-state index in [2.05, 4.69) is 28.4 Å². The summed E-state index contributed by atoms with van der Waals surface area (Å²) < 4.78 is 6.33. The Balaban J connectivity index is 2.54. The Labute approximate surface area is 80.9 Å². The number of benzene rings is 1. The average molecular weight is 226 g/mol. The molecule has 2 heteroatoms. The minimum absolute atomic E-state index is 0.934. The first-order chi connectivity index (χ1) is 5.83. The largest absolute Gasteiger partial charge is 0.496 e. The van der Waals surface area contributed by atoms with Crippen LogP contribution >= 0.6 is 15.9 Å². The van der Waals surface area contributed by atoms with E-state index in [1.54, 1.807) is 7.11 Å². The number of hydrogen-bond acceptors (Lipinski definition) is 1. The van der Waals surface area contributed by atoms with Gasteiger partial charge in [-0.05, 0) is 52.4 Å². The SMILES string of the molecule is COc1ccc2c(c1Br)CC[CH]2.